The summed E-state index contributed by atoms with van der Waals surface area (Å²) in [6, 6.07) is 15.6. The highest BCUT2D eigenvalue weighted by atomic mass is 32.2. The van der Waals surface area contributed by atoms with Crippen LogP contribution in [0.5, 0.6) is 0 Å². The maximum Gasteiger partial charge on any atom is 0.277 e. The Morgan fingerprint density at radius 3 is 2.42 bits per heavy atom. The van der Waals surface area contributed by atoms with E-state index in [0.717, 1.165) is 36.6 Å². The fourth-order valence-electron chi connectivity index (χ4n) is 3.25. The van der Waals surface area contributed by atoms with Gasteiger partial charge in [0.05, 0.1) is 10.6 Å². The molecule has 0 bridgehead atoms. The van der Waals surface area contributed by atoms with Gasteiger partial charge in [-0.2, -0.15) is 4.31 Å². The zero-order valence-electron chi connectivity index (χ0n) is 16.7. The molecule has 2 aromatic carbocycles. The molecule has 1 aliphatic heterocycles. The number of rotatable bonds is 7. The first-order chi connectivity index (χ1) is 15.0. The van der Waals surface area contributed by atoms with Crippen molar-refractivity contribution in [2.45, 2.75) is 29.4 Å². The number of thioether (sulfide) groups is 1. The molecule has 2 heterocycles. The molecule has 4 rings (SSSR count). The largest absolute Gasteiger partial charge is 0.411 e. The Kier molecular flexibility index (Phi) is 6.69. The zero-order chi connectivity index (χ0) is 21.7. The van der Waals surface area contributed by atoms with Crippen molar-refractivity contribution < 1.29 is 17.6 Å². The Bertz CT molecular complexity index is 1130. The Hall–Kier alpha value is -2.69. The number of anilines is 1. The Morgan fingerprint density at radius 2 is 1.71 bits per heavy atom. The molecule has 1 saturated heterocycles. The lowest BCUT2D eigenvalue weighted by Gasteiger charge is -2.25. The maximum absolute atomic E-state index is 12.7. The number of hydrogen-bond acceptors (Lipinski definition) is 7. The monoisotopic (exact) mass is 458 g/mol. The number of piperidine rings is 1. The number of aromatic nitrogens is 2. The van der Waals surface area contributed by atoms with E-state index in [9.17, 15) is 13.2 Å². The zero-order valence-corrected chi connectivity index (χ0v) is 18.4. The molecule has 1 N–H and O–H groups in total. The van der Waals surface area contributed by atoms with E-state index in [4.69, 9.17) is 4.42 Å². The first-order valence-electron chi connectivity index (χ1n) is 9.94. The fourth-order valence-corrected chi connectivity index (χ4v) is 5.33. The number of sulfonamides is 1. The highest BCUT2D eigenvalue weighted by Crippen LogP contribution is 2.24. The van der Waals surface area contributed by atoms with Gasteiger partial charge in [0.15, 0.2) is 0 Å². The molecule has 0 atom stereocenters. The van der Waals surface area contributed by atoms with Gasteiger partial charge in [0.25, 0.3) is 5.22 Å². The summed E-state index contributed by atoms with van der Waals surface area (Å²) in [5.74, 6) is 0.231. The van der Waals surface area contributed by atoms with Crippen LogP contribution in [0.2, 0.25) is 0 Å². The van der Waals surface area contributed by atoms with Crippen molar-refractivity contribution in [1.29, 1.82) is 0 Å². The lowest BCUT2D eigenvalue weighted by atomic mass is 10.2. The van der Waals surface area contributed by atoms with Crippen LogP contribution in [0.4, 0.5) is 5.69 Å². The van der Waals surface area contributed by atoms with Crippen molar-refractivity contribution in [3.8, 4) is 11.5 Å². The Morgan fingerprint density at radius 1 is 1.00 bits per heavy atom. The van der Waals surface area contributed by atoms with Crippen LogP contribution in [-0.2, 0) is 14.8 Å². The minimum atomic E-state index is -3.49. The van der Waals surface area contributed by atoms with Crippen LogP contribution in [0.1, 0.15) is 19.3 Å². The van der Waals surface area contributed by atoms with Gasteiger partial charge in [-0.15, -0.1) is 10.2 Å². The Balaban J connectivity index is 1.31. The van der Waals surface area contributed by atoms with E-state index in [0.29, 0.717) is 29.9 Å². The van der Waals surface area contributed by atoms with Gasteiger partial charge in [0, 0.05) is 24.3 Å². The van der Waals surface area contributed by atoms with Gasteiger partial charge >= 0.3 is 0 Å². The predicted molar refractivity (Wildman–Crippen MR) is 118 cm³/mol. The molecule has 10 heteroatoms. The van der Waals surface area contributed by atoms with Crippen LogP contribution in [0.25, 0.3) is 11.5 Å². The van der Waals surface area contributed by atoms with Gasteiger partial charge in [0.1, 0.15) is 0 Å². The summed E-state index contributed by atoms with van der Waals surface area (Å²) in [6.07, 6.45) is 2.84. The molecular formula is C21H22N4O4S2. The second-order valence-corrected chi connectivity index (χ2v) is 9.93. The number of benzene rings is 2. The molecule has 0 aliphatic carbocycles. The van der Waals surface area contributed by atoms with Gasteiger partial charge in [-0.25, -0.2) is 8.42 Å². The van der Waals surface area contributed by atoms with E-state index in [1.165, 1.54) is 16.4 Å². The lowest BCUT2D eigenvalue weighted by Crippen LogP contribution is -2.35. The van der Waals surface area contributed by atoms with E-state index in [2.05, 4.69) is 15.5 Å². The summed E-state index contributed by atoms with van der Waals surface area (Å²) >= 11 is 1.13. The lowest BCUT2D eigenvalue weighted by molar-refractivity contribution is -0.113. The third kappa shape index (κ3) is 5.33. The molecule has 162 valence electrons. The molecule has 1 amide bonds. The summed E-state index contributed by atoms with van der Waals surface area (Å²) in [6.45, 7) is 1.11. The van der Waals surface area contributed by atoms with Gasteiger partial charge in [-0.3, -0.25) is 4.79 Å². The van der Waals surface area contributed by atoms with Crippen molar-refractivity contribution >= 4 is 33.4 Å². The molecule has 0 radical (unpaired) electrons. The molecule has 1 aliphatic rings. The number of hydrogen-bond donors (Lipinski definition) is 1. The third-order valence-corrected chi connectivity index (χ3v) is 7.58. The number of nitrogens with zero attached hydrogens (tertiary/aromatic N) is 3. The minimum absolute atomic E-state index is 0.0876. The predicted octanol–water partition coefficient (Wildman–Crippen LogP) is 3.64. The van der Waals surface area contributed by atoms with Crippen LogP contribution in [0.15, 0.2) is 69.1 Å². The van der Waals surface area contributed by atoms with Crippen LogP contribution in [0, 0.1) is 0 Å². The second-order valence-electron chi connectivity index (χ2n) is 7.07. The van der Waals surface area contributed by atoms with Crippen molar-refractivity contribution in [1.82, 2.24) is 14.5 Å². The number of carbonyl (C=O) groups excluding carboxylic acids is 1. The van der Waals surface area contributed by atoms with Crippen molar-refractivity contribution in [2.24, 2.45) is 0 Å². The summed E-state index contributed by atoms with van der Waals surface area (Å²) in [4.78, 5) is 12.5. The highest BCUT2D eigenvalue weighted by molar-refractivity contribution is 7.99. The smallest absolute Gasteiger partial charge is 0.277 e. The topological polar surface area (TPSA) is 105 Å². The Labute approximate surface area is 185 Å². The van der Waals surface area contributed by atoms with Gasteiger partial charge in [0.2, 0.25) is 21.8 Å². The quantitative estimate of drug-likeness (QED) is 0.539. The molecule has 1 aromatic heterocycles. The number of amides is 1. The summed E-state index contributed by atoms with van der Waals surface area (Å²) in [5, 5.41) is 11.0. The molecule has 0 spiro atoms. The molecule has 1 fully saturated rings. The van der Waals surface area contributed by atoms with E-state index in [-0.39, 0.29) is 16.6 Å². The molecule has 8 nitrogen and oxygen atoms in total. The van der Waals surface area contributed by atoms with E-state index >= 15 is 0 Å². The van der Waals surface area contributed by atoms with Gasteiger partial charge in [-0.05, 0) is 49.2 Å². The molecule has 0 saturated carbocycles. The van der Waals surface area contributed by atoms with Crippen LogP contribution < -0.4 is 5.32 Å². The van der Waals surface area contributed by atoms with E-state index < -0.39 is 10.0 Å². The second kappa shape index (κ2) is 9.63. The van der Waals surface area contributed by atoms with Gasteiger partial charge in [-0.1, -0.05) is 36.4 Å². The van der Waals surface area contributed by atoms with Crippen LogP contribution in [0.3, 0.4) is 0 Å². The normalized spacial score (nSPS) is 15.0. The summed E-state index contributed by atoms with van der Waals surface area (Å²) in [7, 11) is -3.49. The maximum atomic E-state index is 12.7. The first kappa shape index (κ1) is 21.5. The highest BCUT2D eigenvalue weighted by Gasteiger charge is 2.25. The average Bonchev–Trinajstić information content (AvgIpc) is 3.28. The summed E-state index contributed by atoms with van der Waals surface area (Å²) < 4.78 is 32.5. The SMILES string of the molecule is O=C(CSc1nnc(-c2ccccc2)o1)Nc1ccc(S(=O)(=O)N2CCCCC2)cc1. The number of carbonyl (C=O) groups is 1. The fraction of sp³-hybridized carbons (Fsp3) is 0.286. The summed E-state index contributed by atoms with van der Waals surface area (Å²) in [5.41, 5.74) is 1.34. The van der Waals surface area contributed by atoms with Gasteiger partial charge < -0.3 is 9.73 Å². The number of nitrogens with one attached hydrogen (secondary N) is 1. The van der Waals surface area contributed by atoms with Crippen LogP contribution in [-0.4, -0.2) is 47.7 Å². The first-order valence-corrected chi connectivity index (χ1v) is 12.4. The molecule has 31 heavy (non-hydrogen) atoms. The van der Waals surface area contributed by atoms with E-state index in [1.54, 1.807) is 12.1 Å². The molecule has 3 aromatic rings. The minimum Gasteiger partial charge on any atom is -0.411 e. The molecule has 0 unspecified atom stereocenters. The van der Waals surface area contributed by atoms with Crippen molar-refractivity contribution in [2.75, 3.05) is 24.2 Å². The average molecular weight is 459 g/mol. The van der Waals surface area contributed by atoms with Crippen LogP contribution >= 0.6 is 11.8 Å². The van der Waals surface area contributed by atoms with Crippen molar-refractivity contribution in [3.05, 3.63) is 54.6 Å². The van der Waals surface area contributed by atoms with E-state index in [1.807, 2.05) is 30.3 Å². The standard InChI is InChI=1S/C21H22N4O4S2/c26-19(15-30-21-24-23-20(29-21)16-7-3-1-4-8-16)22-17-9-11-18(12-10-17)31(27,28)25-13-5-2-6-14-25/h1,3-4,7-12H,2,5-6,13-15H2,(H,22,26). The third-order valence-electron chi connectivity index (χ3n) is 4.84. The van der Waals surface area contributed by atoms with Crippen molar-refractivity contribution in [3.63, 3.8) is 0 Å². The molecular weight excluding hydrogens is 436 g/mol.